The Labute approximate surface area is 118 Å². The fourth-order valence-corrected chi connectivity index (χ4v) is 0.992. The van der Waals surface area contributed by atoms with E-state index in [1.807, 2.05) is 45.9 Å². The number of aliphatic hydroxyl groups excluding tert-OH is 1. The topological polar surface area (TPSA) is 46.2 Å². The van der Waals surface area contributed by atoms with Crippen molar-refractivity contribution in [2.75, 3.05) is 0 Å². The second-order valence-corrected chi connectivity index (χ2v) is 3.86. The zero-order valence-electron chi connectivity index (χ0n) is 12.8. The third-order valence-corrected chi connectivity index (χ3v) is 2.03. The van der Waals surface area contributed by atoms with Crippen LogP contribution in [0.3, 0.4) is 0 Å². The van der Waals surface area contributed by atoms with Crippen molar-refractivity contribution in [1.82, 2.24) is 0 Å². The van der Waals surface area contributed by atoms with Gasteiger partial charge in [0.2, 0.25) is 0 Å². The zero-order chi connectivity index (χ0) is 15.3. The summed E-state index contributed by atoms with van der Waals surface area (Å²) in [4.78, 5) is 0. The molecule has 19 heavy (non-hydrogen) atoms. The van der Waals surface area contributed by atoms with Crippen LogP contribution >= 0.6 is 0 Å². The van der Waals surface area contributed by atoms with Gasteiger partial charge in [-0.05, 0) is 32.4 Å². The van der Waals surface area contributed by atoms with Gasteiger partial charge in [0.25, 0.3) is 0 Å². The molecule has 0 aromatic heterocycles. The van der Waals surface area contributed by atoms with E-state index in [9.17, 15) is 0 Å². The van der Waals surface area contributed by atoms with Gasteiger partial charge in [-0.25, -0.2) is 0 Å². The molecule has 2 heteroatoms. The lowest BCUT2D eigenvalue weighted by Crippen LogP contribution is -2.02. The highest BCUT2D eigenvalue weighted by atomic mass is 16.3. The Bertz CT molecular complexity index is 399. The molecule has 0 atom stereocenters. The molecule has 0 saturated heterocycles. The third kappa shape index (κ3) is 10.9. The third-order valence-electron chi connectivity index (χ3n) is 2.03. The minimum Gasteiger partial charge on any atom is -0.506 e. The summed E-state index contributed by atoms with van der Waals surface area (Å²) in [6, 6.07) is 10.3. The minimum absolute atomic E-state index is 0.0787. The average Bonchev–Trinajstić information content (AvgIpc) is 2.42. The summed E-state index contributed by atoms with van der Waals surface area (Å²) in [6.45, 7) is 13.2. The Morgan fingerprint density at radius 3 is 1.89 bits per heavy atom. The number of hydrogen-bond donors (Lipinski definition) is 2. The predicted octanol–water partition coefficient (Wildman–Crippen LogP) is 4.89. The lowest BCUT2D eigenvalue weighted by Gasteiger charge is -2.00. The SMILES string of the molecule is C=C/C=C(/O)C(N)=C(C)C.CC.Cc1ccccc1. The molecule has 0 aliphatic carbocycles. The average molecular weight is 261 g/mol. The molecule has 0 aliphatic rings. The van der Waals surface area contributed by atoms with Crippen molar-refractivity contribution in [3.05, 3.63) is 71.7 Å². The van der Waals surface area contributed by atoms with Gasteiger partial charge in [-0.15, -0.1) is 0 Å². The van der Waals surface area contributed by atoms with Crippen molar-refractivity contribution in [1.29, 1.82) is 0 Å². The van der Waals surface area contributed by atoms with Crippen molar-refractivity contribution in [2.24, 2.45) is 5.73 Å². The van der Waals surface area contributed by atoms with Gasteiger partial charge in [-0.2, -0.15) is 0 Å². The molecule has 0 spiro atoms. The zero-order valence-corrected chi connectivity index (χ0v) is 12.8. The molecule has 0 saturated carbocycles. The van der Waals surface area contributed by atoms with Crippen LogP contribution in [0.25, 0.3) is 0 Å². The monoisotopic (exact) mass is 261 g/mol. The maximum atomic E-state index is 9.10. The van der Waals surface area contributed by atoms with E-state index in [-0.39, 0.29) is 5.76 Å². The van der Waals surface area contributed by atoms with Gasteiger partial charge in [0, 0.05) is 0 Å². The molecule has 0 fully saturated rings. The summed E-state index contributed by atoms with van der Waals surface area (Å²) in [5, 5.41) is 9.10. The van der Waals surface area contributed by atoms with E-state index in [1.165, 1.54) is 17.7 Å². The van der Waals surface area contributed by atoms with Crippen LogP contribution in [0.15, 0.2) is 66.1 Å². The molecule has 1 aromatic carbocycles. The van der Waals surface area contributed by atoms with Crippen LogP contribution in [0.4, 0.5) is 0 Å². The Hall–Kier alpha value is -1.96. The highest BCUT2D eigenvalue weighted by molar-refractivity contribution is 5.27. The van der Waals surface area contributed by atoms with E-state index < -0.39 is 0 Å². The number of hydrogen-bond acceptors (Lipinski definition) is 2. The first-order valence-corrected chi connectivity index (χ1v) is 6.45. The highest BCUT2D eigenvalue weighted by Gasteiger charge is 1.96. The quantitative estimate of drug-likeness (QED) is 0.588. The lowest BCUT2D eigenvalue weighted by atomic mass is 10.2. The van der Waals surface area contributed by atoms with Crippen LogP contribution in [0, 0.1) is 6.92 Å². The van der Waals surface area contributed by atoms with E-state index in [4.69, 9.17) is 10.8 Å². The number of allylic oxidation sites excluding steroid dienone is 3. The van der Waals surface area contributed by atoms with Gasteiger partial charge >= 0.3 is 0 Å². The molecule has 0 bridgehead atoms. The second-order valence-electron chi connectivity index (χ2n) is 3.86. The Balaban J connectivity index is 0. The van der Waals surface area contributed by atoms with E-state index in [0.29, 0.717) is 5.70 Å². The highest BCUT2D eigenvalue weighted by Crippen LogP contribution is 2.04. The number of rotatable bonds is 2. The molecule has 3 N–H and O–H groups in total. The molecule has 0 aliphatic heterocycles. The molecule has 2 nitrogen and oxygen atoms in total. The van der Waals surface area contributed by atoms with Gasteiger partial charge < -0.3 is 10.8 Å². The van der Waals surface area contributed by atoms with Crippen LogP contribution < -0.4 is 5.73 Å². The standard InChI is InChI=1S/C8H13NO.C7H8.C2H6/c1-4-5-7(10)8(9)6(2)3;1-7-5-3-2-4-6-7;1-2/h4-5,10H,1,9H2,2-3H3;2-6H,1H3;1-2H3/b7-5+;;. The Kier molecular flexibility index (Phi) is 12.7. The number of benzene rings is 1. The van der Waals surface area contributed by atoms with Crippen LogP contribution in [0.2, 0.25) is 0 Å². The van der Waals surface area contributed by atoms with Gasteiger partial charge in [0.05, 0.1) is 5.70 Å². The summed E-state index contributed by atoms with van der Waals surface area (Å²) >= 11 is 0. The smallest absolute Gasteiger partial charge is 0.138 e. The summed E-state index contributed by atoms with van der Waals surface area (Å²) in [7, 11) is 0. The van der Waals surface area contributed by atoms with E-state index in [2.05, 4.69) is 25.6 Å². The molecular weight excluding hydrogens is 234 g/mol. The first-order valence-electron chi connectivity index (χ1n) is 6.45. The largest absolute Gasteiger partial charge is 0.506 e. The molecule has 106 valence electrons. The fraction of sp³-hybridized carbons (Fsp3) is 0.294. The summed E-state index contributed by atoms with van der Waals surface area (Å²) in [6.07, 6.45) is 2.95. The number of aryl methyl sites for hydroxylation is 1. The molecule has 0 radical (unpaired) electrons. The van der Waals surface area contributed by atoms with E-state index >= 15 is 0 Å². The molecule has 0 heterocycles. The van der Waals surface area contributed by atoms with Crippen LogP contribution in [-0.4, -0.2) is 5.11 Å². The van der Waals surface area contributed by atoms with Crippen LogP contribution in [-0.2, 0) is 0 Å². The van der Waals surface area contributed by atoms with Gasteiger partial charge in [0.15, 0.2) is 0 Å². The maximum absolute atomic E-state index is 9.10. The summed E-state index contributed by atoms with van der Waals surface area (Å²) in [5.41, 5.74) is 8.10. The van der Waals surface area contributed by atoms with Gasteiger partial charge in [-0.1, -0.05) is 62.4 Å². The Morgan fingerprint density at radius 2 is 1.63 bits per heavy atom. The molecule has 1 rings (SSSR count). The van der Waals surface area contributed by atoms with Crippen molar-refractivity contribution in [2.45, 2.75) is 34.6 Å². The van der Waals surface area contributed by atoms with Crippen molar-refractivity contribution >= 4 is 0 Å². The fourth-order valence-electron chi connectivity index (χ4n) is 0.992. The van der Waals surface area contributed by atoms with Crippen molar-refractivity contribution < 1.29 is 5.11 Å². The molecule has 1 aromatic rings. The Morgan fingerprint density at radius 1 is 1.16 bits per heavy atom. The molecular formula is C17H27NO. The van der Waals surface area contributed by atoms with Gasteiger partial charge in [-0.3, -0.25) is 0 Å². The van der Waals surface area contributed by atoms with Gasteiger partial charge in [0.1, 0.15) is 5.76 Å². The first kappa shape index (κ1) is 19.4. The summed E-state index contributed by atoms with van der Waals surface area (Å²) in [5.74, 6) is 0.0787. The normalized spacial score (nSPS) is 9.21. The summed E-state index contributed by atoms with van der Waals surface area (Å²) < 4.78 is 0. The van der Waals surface area contributed by atoms with Crippen LogP contribution in [0.5, 0.6) is 0 Å². The second kappa shape index (κ2) is 12.5. The number of aliphatic hydroxyl groups is 1. The van der Waals surface area contributed by atoms with Crippen molar-refractivity contribution in [3.63, 3.8) is 0 Å². The van der Waals surface area contributed by atoms with Crippen molar-refractivity contribution in [3.8, 4) is 0 Å². The van der Waals surface area contributed by atoms with Crippen LogP contribution in [0.1, 0.15) is 33.3 Å². The maximum Gasteiger partial charge on any atom is 0.138 e. The molecule has 0 unspecified atom stereocenters. The predicted molar refractivity (Wildman–Crippen MR) is 86.0 cm³/mol. The number of nitrogens with two attached hydrogens (primary N) is 1. The lowest BCUT2D eigenvalue weighted by molar-refractivity contribution is 0.421. The van der Waals surface area contributed by atoms with E-state index in [1.54, 1.807) is 0 Å². The first-order chi connectivity index (χ1) is 8.99. The van der Waals surface area contributed by atoms with E-state index in [0.717, 1.165) is 5.57 Å². The molecule has 0 amide bonds. The minimum atomic E-state index is 0.0787.